The van der Waals surface area contributed by atoms with Gasteiger partial charge in [0.05, 0.1) is 12.6 Å². The maximum absolute atomic E-state index is 13.8. The highest BCUT2D eigenvalue weighted by Gasteiger charge is 2.21. The van der Waals surface area contributed by atoms with Crippen molar-refractivity contribution < 1.29 is 13.5 Å². The number of ether oxygens (including phenoxy) is 1. The van der Waals surface area contributed by atoms with Crippen LogP contribution in [0.3, 0.4) is 0 Å². The molecule has 17 heavy (non-hydrogen) atoms. The Morgan fingerprint density at radius 2 is 1.82 bits per heavy atom. The summed E-state index contributed by atoms with van der Waals surface area (Å²) in [6.45, 7) is 0. The van der Waals surface area contributed by atoms with Gasteiger partial charge in [-0.25, -0.2) is 13.6 Å². The van der Waals surface area contributed by atoms with E-state index in [0.717, 1.165) is 7.11 Å². The first-order valence-electron chi connectivity index (χ1n) is 4.34. The average Bonchev–Trinajstić information content (AvgIpc) is 2.25. The van der Waals surface area contributed by atoms with E-state index in [9.17, 15) is 18.4 Å². The molecular weight excluding hydrogens is 302 g/mol. The first kappa shape index (κ1) is 11.8. The molecule has 90 valence electrons. The van der Waals surface area contributed by atoms with Gasteiger partial charge in [0.1, 0.15) is 9.86 Å². The van der Waals surface area contributed by atoms with E-state index >= 15 is 0 Å². The summed E-state index contributed by atoms with van der Waals surface area (Å²) >= 11 is 2.79. The lowest BCUT2D eigenvalue weighted by molar-refractivity contribution is 0.382. The third kappa shape index (κ3) is 1.64. The molecule has 0 aliphatic carbocycles. The second-order valence-electron chi connectivity index (χ2n) is 3.13. The molecule has 0 atom stereocenters. The number of nitrogens with one attached hydrogen (secondary N) is 2. The zero-order valence-electron chi connectivity index (χ0n) is 8.36. The molecule has 0 saturated carbocycles. The van der Waals surface area contributed by atoms with Crippen LogP contribution in [0.15, 0.2) is 14.1 Å². The molecule has 0 unspecified atom stereocenters. The smallest absolute Gasteiger partial charge is 0.326 e. The third-order valence-corrected chi connectivity index (χ3v) is 2.89. The van der Waals surface area contributed by atoms with Gasteiger partial charge in [-0.05, 0) is 15.9 Å². The second-order valence-corrected chi connectivity index (χ2v) is 3.93. The van der Waals surface area contributed by atoms with Gasteiger partial charge in [0.2, 0.25) is 0 Å². The maximum atomic E-state index is 13.8. The molecular formula is C9H5BrF2N2O3. The Morgan fingerprint density at radius 3 is 2.41 bits per heavy atom. The third-order valence-electron chi connectivity index (χ3n) is 2.18. The summed E-state index contributed by atoms with van der Waals surface area (Å²) < 4.78 is 32.0. The molecule has 1 aromatic heterocycles. The second kappa shape index (κ2) is 3.95. The van der Waals surface area contributed by atoms with Crippen molar-refractivity contribution in [3.05, 3.63) is 36.9 Å². The normalized spacial score (nSPS) is 10.8. The molecule has 0 aliphatic rings. The van der Waals surface area contributed by atoms with Crippen molar-refractivity contribution in [2.45, 2.75) is 0 Å². The van der Waals surface area contributed by atoms with Crippen LogP contribution in [0.25, 0.3) is 10.9 Å². The van der Waals surface area contributed by atoms with E-state index in [1.54, 1.807) is 0 Å². The van der Waals surface area contributed by atoms with E-state index in [-0.39, 0.29) is 4.47 Å². The quantitative estimate of drug-likeness (QED) is 0.779. The van der Waals surface area contributed by atoms with Gasteiger partial charge >= 0.3 is 5.69 Å². The Bertz CT molecular complexity index is 723. The summed E-state index contributed by atoms with van der Waals surface area (Å²) in [6.07, 6.45) is 0. The minimum atomic E-state index is -1.05. The molecule has 0 saturated heterocycles. The van der Waals surface area contributed by atoms with Crippen LogP contribution in [0.4, 0.5) is 8.78 Å². The van der Waals surface area contributed by atoms with E-state index in [1.807, 2.05) is 9.97 Å². The number of hydrogen-bond donors (Lipinski definition) is 2. The maximum Gasteiger partial charge on any atom is 0.326 e. The van der Waals surface area contributed by atoms with Crippen molar-refractivity contribution in [1.82, 2.24) is 9.97 Å². The van der Waals surface area contributed by atoms with E-state index in [0.29, 0.717) is 0 Å². The van der Waals surface area contributed by atoms with Crippen molar-refractivity contribution >= 4 is 26.8 Å². The van der Waals surface area contributed by atoms with Crippen molar-refractivity contribution in [2.24, 2.45) is 0 Å². The predicted molar refractivity (Wildman–Crippen MR) is 59.4 cm³/mol. The monoisotopic (exact) mass is 306 g/mol. The molecule has 0 radical (unpaired) electrons. The SMILES string of the molecule is COc1c(Br)c(F)c2[nH]c(=O)[nH]c(=O)c2c1F. The lowest BCUT2D eigenvalue weighted by atomic mass is 10.2. The van der Waals surface area contributed by atoms with Crippen LogP contribution >= 0.6 is 15.9 Å². The minimum Gasteiger partial charge on any atom is -0.492 e. The number of rotatable bonds is 1. The van der Waals surface area contributed by atoms with Gasteiger partial charge in [0.15, 0.2) is 17.4 Å². The lowest BCUT2D eigenvalue weighted by Crippen LogP contribution is -2.23. The summed E-state index contributed by atoms with van der Waals surface area (Å²) in [4.78, 5) is 26.2. The van der Waals surface area contributed by atoms with Crippen LogP contribution in [0.1, 0.15) is 0 Å². The van der Waals surface area contributed by atoms with Crippen molar-refractivity contribution in [3.8, 4) is 5.75 Å². The van der Waals surface area contributed by atoms with Crippen LogP contribution < -0.4 is 16.0 Å². The molecule has 2 N–H and O–H groups in total. The molecule has 0 fully saturated rings. The number of H-pyrrole nitrogens is 2. The molecule has 1 heterocycles. The van der Waals surface area contributed by atoms with Crippen LogP contribution in [0.2, 0.25) is 0 Å². The van der Waals surface area contributed by atoms with Crippen LogP contribution in [0, 0.1) is 11.6 Å². The highest BCUT2D eigenvalue weighted by molar-refractivity contribution is 9.10. The first-order chi connectivity index (χ1) is 7.97. The number of hydrogen-bond acceptors (Lipinski definition) is 3. The number of aromatic nitrogens is 2. The topological polar surface area (TPSA) is 75.0 Å². The van der Waals surface area contributed by atoms with E-state index in [4.69, 9.17) is 0 Å². The van der Waals surface area contributed by atoms with Gasteiger partial charge in [-0.1, -0.05) is 0 Å². The minimum absolute atomic E-state index is 0.300. The van der Waals surface area contributed by atoms with Gasteiger partial charge in [0, 0.05) is 0 Å². The number of halogens is 3. The van der Waals surface area contributed by atoms with Crippen LogP contribution in [0.5, 0.6) is 5.75 Å². The molecule has 2 rings (SSSR count). The van der Waals surface area contributed by atoms with Gasteiger partial charge in [0.25, 0.3) is 5.56 Å². The molecule has 0 amide bonds. The fraction of sp³-hybridized carbons (Fsp3) is 0.111. The summed E-state index contributed by atoms with van der Waals surface area (Å²) in [5.41, 5.74) is -2.45. The van der Waals surface area contributed by atoms with E-state index < -0.39 is 39.5 Å². The molecule has 0 bridgehead atoms. The van der Waals surface area contributed by atoms with Crippen molar-refractivity contribution in [1.29, 1.82) is 0 Å². The van der Waals surface area contributed by atoms with Crippen LogP contribution in [-0.2, 0) is 0 Å². The van der Waals surface area contributed by atoms with E-state index in [2.05, 4.69) is 20.7 Å². The molecule has 1 aromatic carbocycles. The number of aromatic amines is 2. The standard InChI is InChI=1S/C9H5BrF2N2O3/c1-17-7-3(10)5(12)6-2(4(7)11)8(15)14-9(16)13-6/h1H3,(H2,13,14,15,16). The van der Waals surface area contributed by atoms with Gasteiger partial charge in [-0.3, -0.25) is 9.78 Å². The first-order valence-corrected chi connectivity index (χ1v) is 5.13. The van der Waals surface area contributed by atoms with Crippen molar-refractivity contribution in [2.75, 3.05) is 7.11 Å². The fourth-order valence-corrected chi connectivity index (χ4v) is 1.99. The molecule has 5 nitrogen and oxygen atoms in total. The molecule has 8 heteroatoms. The fourth-order valence-electron chi connectivity index (χ4n) is 1.46. The molecule has 0 aliphatic heterocycles. The molecule has 2 aromatic rings. The number of methoxy groups -OCH3 is 1. The number of benzene rings is 1. The number of fused-ring (bicyclic) bond motifs is 1. The highest BCUT2D eigenvalue weighted by Crippen LogP contribution is 2.34. The van der Waals surface area contributed by atoms with Gasteiger partial charge in [-0.15, -0.1) is 0 Å². The largest absolute Gasteiger partial charge is 0.492 e. The zero-order chi connectivity index (χ0) is 12.7. The summed E-state index contributed by atoms with van der Waals surface area (Å²) in [5, 5.41) is -0.595. The van der Waals surface area contributed by atoms with Crippen LogP contribution in [-0.4, -0.2) is 17.1 Å². The Balaban J connectivity index is 3.15. The Hall–Kier alpha value is -1.70. The predicted octanol–water partition coefficient (Wildman–Crippen LogP) is 1.27. The van der Waals surface area contributed by atoms with Crippen molar-refractivity contribution in [3.63, 3.8) is 0 Å². The average molecular weight is 307 g/mol. The Morgan fingerprint density at radius 1 is 1.18 bits per heavy atom. The van der Waals surface area contributed by atoms with Gasteiger partial charge < -0.3 is 9.72 Å². The Labute approximate surface area is 101 Å². The summed E-state index contributed by atoms with van der Waals surface area (Å²) in [7, 11) is 1.13. The summed E-state index contributed by atoms with van der Waals surface area (Å²) in [5.74, 6) is -2.46. The van der Waals surface area contributed by atoms with Gasteiger partial charge in [-0.2, -0.15) is 0 Å². The lowest BCUT2D eigenvalue weighted by Gasteiger charge is -2.08. The zero-order valence-corrected chi connectivity index (χ0v) is 9.94. The van der Waals surface area contributed by atoms with E-state index in [1.165, 1.54) is 0 Å². The molecule has 0 spiro atoms. The Kier molecular flexibility index (Phi) is 2.74. The summed E-state index contributed by atoms with van der Waals surface area (Å²) in [6, 6.07) is 0. The highest BCUT2D eigenvalue weighted by atomic mass is 79.9.